The summed E-state index contributed by atoms with van der Waals surface area (Å²) in [6, 6.07) is 9.80. The standard InChI is InChI=1S/C21H17N9O/c1-28-19-17(15-6-5-14(26-20(15)28)10-29-12-22-11-25-29)8-24-30(21(19)31)9-13-3-2-4-18-16(13)7-23-27-18/h2-8,11-12H,9-10H2,1H3,(H,23,27). The molecule has 0 aliphatic carbocycles. The summed E-state index contributed by atoms with van der Waals surface area (Å²) in [4.78, 5) is 22.1. The lowest BCUT2D eigenvalue weighted by atomic mass is 10.1. The van der Waals surface area contributed by atoms with E-state index in [0.29, 0.717) is 18.6 Å². The Morgan fingerprint density at radius 3 is 2.81 bits per heavy atom. The summed E-state index contributed by atoms with van der Waals surface area (Å²) >= 11 is 0. The molecule has 0 bridgehead atoms. The fourth-order valence-corrected chi connectivity index (χ4v) is 4.07. The summed E-state index contributed by atoms with van der Waals surface area (Å²) in [5, 5.41) is 18.3. The van der Waals surface area contributed by atoms with Crippen LogP contribution in [0.5, 0.6) is 0 Å². The number of aryl methyl sites for hydroxylation is 1. The van der Waals surface area contributed by atoms with Crippen molar-refractivity contribution in [2.24, 2.45) is 7.05 Å². The number of H-pyrrole nitrogens is 1. The van der Waals surface area contributed by atoms with E-state index in [0.717, 1.165) is 38.6 Å². The second-order valence-electron chi connectivity index (χ2n) is 7.44. The Hall–Kier alpha value is -4.34. The summed E-state index contributed by atoms with van der Waals surface area (Å²) in [7, 11) is 1.86. The zero-order valence-corrected chi connectivity index (χ0v) is 16.6. The van der Waals surface area contributed by atoms with Gasteiger partial charge in [-0.05, 0) is 23.8 Å². The van der Waals surface area contributed by atoms with Gasteiger partial charge in [0.25, 0.3) is 5.56 Å². The summed E-state index contributed by atoms with van der Waals surface area (Å²) in [5.41, 5.74) is 3.91. The van der Waals surface area contributed by atoms with Gasteiger partial charge in [0.05, 0.1) is 36.7 Å². The third kappa shape index (κ3) is 2.72. The van der Waals surface area contributed by atoms with E-state index >= 15 is 0 Å². The van der Waals surface area contributed by atoms with Crippen molar-refractivity contribution < 1.29 is 0 Å². The number of hydrogen-bond acceptors (Lipinski definition) is 6. The van der Waals surface area contributed by atoms with Crippen LogP contribution in [-0.2, 0) is 20.1 Å². The lowest BCUT2D eigenvalue weighted by Crippen LogP contribution is -2.24. The molecule has 31 heavy (non-hydrogen) atoms. The van der Waals surface area contributed by atoms with Crippen molar-refractivity contribution in [2.75, 3.05) is 0 Å². The highest BCUT2D eigenvalue weighted by atomic mass is 16.1. The van der Waals surface area contributed by atoms with Crippen LogP contribution in [-0.4, -0.2) is 44.3 Å². The van der Waals surface area contributed by atoms with Crippen LogP contribution in [0.25, 0.3) is 32.8 Å². The number of pyridine rings is 1. The molecule has 0 saturated carbocycles. The number of fused-ring (bicyclic) bond motifs is 4. The summed E-state index contributed by atoms with van der Waals surface area (Å²) < 4.78 is 5.04. The highest BCUT2D eigenvalue weighted by Crippen LogP contribution is 2.25. The minimum Gasteiger partial charge on any atom is -0.324 e. The minimum absolute atomic E-state index is 0.156. The van der Waals surface area contributed by atoms with Crippen LogP contribution in [0.4, 0.5) is 0 Å². The first-order chi connectivity index (χ1) is 15.2. The van der Waals surface area contributed by atoms with Crippen molar-refractivity contribution in [2.45, 2.75) is 13.1 Å². The van der Waals surface area contributed by atoms with E-state index in [9.17, 15) is 4.79 Å². The molecule has 0 saturated heterocycles. The van der Waals surface area contributed by atoms with Gasteiger partial charge in [-0.3, -0.25) is 9.89 Å². The van der Waals surface area contributed by atoms with Crippen LogP contribution in [0, 0.1) is 0 Å². The molecular formula is C21H17N9O. The number of benzene rings is 1. The lowest BCUT2D eigenvalue weighted by Gasteiger charge is -2.06. The Bertz CT molecular complexity index is 1620. The van der Waals surface area contributed by atoms with Crippen LogP contribution in [0.2, 0.25) is 0 Å². The molecule has 0 atom stereocenters. The molecule has 0 aliphatic heterocycles. The van der Waals surface area contributed by atoms with Gasteiger partial charge in [-0.15, -0.1) is 0 Å². The fourth-order valence-electron chi connectivity index (χ4n) is 4.07. The molecule has 10 heteroatoms. The monoisotopic (exact) mass is 411 g/mol. The highest BCUT2D eigenvalue weighted by molar-refractivity contribution is 6.05. The molecular weight excluding hydrogens is 394 g/mol. The molecule has 5 heterocycles. The summed E-state index contributed by atoms with van der Waals surface area (Å²) in [6.07, 6.45) is 6.66. The second kappa shape index (κ2) is 6.59. The Labute approximate surface area is 174 Å². The average molecular weight is 411 g/mol. The van der Waals surface area contributed by atoms with Crippen molar-refractivity contribution in [3.05, 3.63) is 77.0 Å². The van der Waals surface area contributed by atoms with Crippen LogP contribution in [0.3, 0.4) is 0 Å². The van der Waals surface area contributed by atoms with Gasteiger partial charge < -0.3 is 4.57 Å². The first-order valence-electron chi connectivity index (χ1n) is 9.76. The first-order valence-corrected chi connectivity index (χ1v) is 9.76. The van der Waals surface area contributed by atoms with Gasteiger partial charge in [0.2, 0.25) is 0 Å². The molecule has 0 aliphatic rings. The maximum absolute atomic E-state index is 13.3. The second-order valence-corrected chi connectivity index (χ2v) is 7.44. The minimum atomic E-state index is -0.156. The van der Waals surface area contributed by atoms with Crippen molar-refractivity contribution in [1.82, 2.24) is 44.3 Å². The van der Waals surface area contributed by atoms with E-state index in [4.69, 9.17) is 4.98 Å². The van der Waals surface area contributed by atoms with Gasteiger partial charge >= 0.3 is 0 Å². The predicted octanol–water partition coefficient (Wildman–Crippen LogP) is 1.85. The maximum atomic E-state index is 13.3. The number of rotatable bonds is 4. The third-order valence-electron chi connectivity index (χ3n) is 5.58. The van der Waals surface area contributed by atoms with Crippen LogP contribution < -0.4 is 5.56 Å². The third-order valence-corrected chi connectivity index (χ3v) is 5.58. The molecule has 1 aromatic carbocycles. The summed E-state index contributed by atoms with van der Waals surface area (Å²) in [5.74, 6) is 0. The van der Waals surface area contributed by atoms with Gasteiger partial charge in [-0.1, -0.05) is 12.1 Å². The molecule has 10 nitrogen and oxygen atoms in total. The normalized spacial score (nSPS) is 11.8. The van der Waals surface area contributed by atoms with Crippen LogP contribution >= 0.6 is 0 Å². The Morgan fingerprint density at radius 2 is 1.94 bits per heavy atom. The van der Waals surface area contributed by atoms with Crippen molar-refractivity contribution in [3.63, 3.8) is 0 Å². The fraction of sp³-hybridized carbons (Fsp3) is 0.143. The van der Waals surface area contributed by atoms with Gasteiger partial charge in [0, 0.05) is 23.2 Å². The average Bonchev–Trinajstić information content (AvgIpc) is 3.51. The van der Waals surface area contributed by atoms with Gasteiger partial charge in [-0.2, -0.15) is 15.3 Å². The number of nitrogens with zero attached hydrogens (tertiary/aromatic N) is 8. The molecule has 0 spiro atoms. The number of hydrogen-bond donors (Lipinski definition) is 1. The number of aromatic amines is 1. The SMILES string of the molecule is Cn1c2nc(Cn3cncn3)ccc2c2cnn(Cc3cccc4[nH]ncc34)c(=O)c21. The lowest BCUT2D eigenvalue weighted by molar-refractivity contribution is 0.646. The number of aromatic nitrogens is 9. The predicted molar refractivity (Wildman–Crippen MR) is 115 cm³/mol. The number of nitrogens with one attached hydrogen (secondary N) is 1. The zero-order valence-electron chi connectivity index (χ0n) is 16.6. The van der Waals surface area contributed by atoms with E-state index in [1.54, 1.807) is 23.4 Å². The molecule has 6 aromatic rings. The zero-order chi connectivity index (χ0) is 20.9. The quantitative estimate of drug-likeness (QED) is 0.474. The molecule has 0 unspecified atom stereocenters. The molecule has 6 rings (SSSR count). The molecule has 0 fully saturated rings. The Kier molecular flexibility index (Phi) is 3.72. The van der Waals surface area contributed by atoms with Crippen molar-refractivity contribution in [1.29, 1.82) is 0 Å². The van der Waals surface area contributed by atoms with E-state index in [1.165, 1.54) is 11.0 Å². The van der Waals surface area contributed by atoms with Gasteiger partial charge in [-0.25, -0.2) is 19.3 Å². The molecule has 0 amide bonds. The van der Waals surface area contributed by atoms with Gasteiger partial charge in [0.1, 0.15) is 23.8 Å². The summed E-state index contributed by atoms with van der Waals surface area (Å²) in [6.45, 7) is 0.868. The Morgan fingerprint density at radius 1 is 1.00 bits per heavy atom. The highest BCUT2D eigenvalue weighted by Gasteiger charge is 2.16. The molecule has 152 valence electrons. The van der Waals surface area contributed by atoms with Crippen LogP contribution in [0.1, 0.15) is 11.3 Å². The van der Waals surface area contributed by atoms with Crippen molar-refractivity contribution in [3.8, 4) is 0 Å². The van der Waals surface area contributed by atoms with E-state index in [-0.39, 0.29) is 5.56 Å². The molecule has 1 N–H and O–H groups in total. The molecule has 0 radical (unpaired) electrons. The smallest absolute Gasteiger partial charge is 0.291 e. The largest absolute Gasteiger partial charge is 0.324 e. The van der Waals surface area contributed by atoms with Gasteiger partial charge in [0.15, 0.2) is 0 Å². The first kappa shape index (κ1) is 17.5. The van der Waals surface area contributed by atoms with Crippen molar-refractivity contribution >= 4 is 32.8 Å². The topological polar surface area (TPSA) is 112 Å². The Balaban J connectivity index is 1.47. The van der Waals surface area contributed by atoms with E-state index in [1.807, 2.05) is 41.9 Å². The maximum Gasteiger partial charge on any atom is 0.291 e. The van der Waals surface area contributed by atoms with E-state index in [2.05, 4.69) is 25.4 Å². The van der Waals surface area contributed by atoms with Crippen LogP contribution in [0.15, 0.2) is 60.2 Å². The van der Waals surface area contributed by atoms with E-state index < -0.39 is 0 Å². The molecule has 5 aromatic heterocycles.